The molecule has 0 bridgehead atoms. The minimum atomic E-state index is -0.0714. The molecule has 27 heavy (non-hydrogen) atoms. The third kappa shape index (κ3) is 3.92. The van der Waals surface area contributed by atoms with Crippen molar-refractivity contribution in [2.45, 2.75) is 13.0 Å². The average Bonchev–Trinajstić information content (AvgIpc) is 3.40. The zero-order valence-corrected chi connectivity index (χ0v) is 14.6. The van der Waals surface area contributed by atoms with Crippen LogP contribution < -0.4 is 5.32 Å². The lowest BCUT2D eigenvalue weighted by Gasteiger charge is -2.09. The number of hydrogen-bond acceptors (Lipinski definition) is 4. The highest BCUT2D eigenvalue weighted by Gasteiger charge is 2.10. The zero-order valence-electron chi connectivity index (χ0n) is 14.6. The molecule has 0 atom stereocenters. The van der Waals surface area contributed by atoms with Crippen molar-refractivity contribution in [3.05, 3.63) is 90.6 Å². The molecule has 0 spiro atoms. The minimum absolute atomic E-state index is 0.0714. The fraction of sp³-hybridized carbons (Fsp3) is 0.100. The van der Waals surface area contributed by atoms with Gasteiger partial charge in [-0.15, -0.1) is 0 Å². The van der Waals surface area contributed by atoms with Crippen molar-refractivity contribution in [1.29, 1.82) is 0 Å². The fourth-order valence-corrected chi connectivity index (χ4v) is 2.78. The summed E-state index contributed by atoms with van der Waals surface area (Å²) in [5.41, 5.74) is 2.72. The van der Waals surface area contributed by atoms with Gasteiger partial charge >= 0.3 is 0 Å². The van der Waals surface area contributed by atoms with Crippen molar-refractivity contribution < 1.29 is 4.79 Å². The normalized spacial score (nSPS) is 10.7. The lowest BCUT2D eigenvalue weighted by molar-refractivity contribution is -0.120. The van der Waals surface area contributed by atoms with Crippen LogP contribution in [0.3, 0.4) is 0 Å². The van der Waals surface area contributed by atoms with Crippen molar-refractivity contribution >= 4 is 5.91 Å². The number of amides is 1. The van der Waals surface area contributed by atoms with Gasteiger partial charge in [-0.2, -0.15) is 10.2 Å². The largest absolute Gasteiger partial charge is 0.352 e. The van der Waals surface area contributed by atoms with Crippen LogP contribution in [0.1, 0.15) is 11.1 Å². The van der Waals surface area contributed by atoms with Gasteiger partial charge in [0.2, 0.25) is 5.91 Å². The lowest BCUT2D eigenvalue weighted by Crippen LogP contribution is -2.25. The predicted molar refractivity (Wildman–Crippen MR) is 100 cm³/mol. The van der Waals surface area contributed by atoms with E-state index in [9.17, 15) is 4.79 Å². The second kappa shape index (κ2) is 7.65. The number of hydrogen-bond donors (Lipinski definition) is 1. The molecule has 0 aliphatic carbocycles. The van der Waals surface area contributed by atoms with Gasteiger partial charge in [0.1, 0.15) is 0 Å². The topological polar surface area (TPSA) is 77.6 Å². The zero-order chi connectivity index (χ0) is 18.5. The lowest BCUT2D eigenvalue weighted by atomic mass is 10.2. The standard InChI is InChI=1S/C20H18N6O/c27-19(12-16-13-24-26(15-16)18-7-2-1-3-8-18)22-14-17-6-4-9-21-20(17)25-11-5-10-23-25/h1-11,13,15H,12,14H2,(H,22,27). The van der Waals surface area contributed by atoms with E-state index in [-0.39, 0.29) is 12.3 Å². The fourth-order valence-electron chi connectivity index (χ4n) is 2.78. The van der Waals surface area contributed by atoms with E-state index in [2.05, 4.69) is 20.5 Å². The molecule has 0 unspecified atom stereocenters. The van der Waals surface area contributed by atoms with Crippen molar-refractivity contribution in [3.63, 3.8) is 0 Å². The second-order valence-electron chi connectivity index (χ2n) is 6.02. The molecule has 4 rings (SSSR count). The number of carbonyl (C=O) groups excluding carboxylic acids is 1. The van der Waals surface area contributed by atoms with Gasteiger partial charge in [0, 0.05) is 36.9 Å². The Labute approximate surface area is 156 Å². The average molecular weight is 358 g/mol. The molecule has 7 heteroatoms. The minimum Gasteiger partial charge on any atom is -0.352 e. The highest BCUT2D eigenvalue weighted by atomic mass is 16.1. The number of rotatable bonds is 6. The van der Waals surface area contributed by atoms with Gasteiger partial charge in [-0.1, -0.05) is 24.3 Å². The van der Waals surface area contributed by atoms with E-state index in [4.69, 9.17) is 0 Å². The first-order chi connectivity index (χ1) is 13.3. The number of pyridine rings is 1. The molecular formula is C20H18N6O. The van der Waals surface area contributed by atoms with Crippen LogP contribution in [0.2, 0.25) is 0 Å². The van der Waals surface area contributed by atoms with E-state index >= 15 is 0 Å². The second-order valence-corrected chi connectivity index (χ2v) is 6.02. The SMILES string of the molecule is O=C(Cc1cnn(-c2ccccc2)c1)NCc1cccnc1-n1cccn1. The molecule has 0 saturated carbocycles. The Hall–Kier alpha value is -3.74. The molecule has 3 heterocycles. The molecule has 0 saturated heterocycles. The van der Waals surface area contributed by atoms with Gasteiger partial charge in [0.05, 0.1) is 18.3 Å². The molecular weight excluding hydrogens is 340 g/mol. The molecule has 4 aromatic rings. The van der Waals surface area contributed by atoms with Crippen LogP contribution in [0.4, 0.5) is 0 Å². The number of nitrogens with zero attached hydrogens (tertiary/aromatic N) is 5. The van der Waals surface area contributed by atoms with Crippen molar-refractivity contribution in [2.24, 2.45) is 0 Å². The van der Waals surface area contributed by atoms with E-state index in [1.165, 1.54) is 0 Å². The van der Waals surface area contributed by atoms with E-state index in [0.717, 1.165) is 16.8 Å². The molecule has 1 aromatic carbocycles. The number of para-hydroxylation sites is 1. The summed E-state index contributed by atoms with van der Waals surface area (Å²) in [7, 11) is 0. The summed E-state index contributed by atoms with van der Waals surface area (Å²) in [6.45, 7) is 0.384. The summed E-state index contributed by atoms with van der Waals surface area (Å²) in [6.07, 6.45) is 9.08. The van der Waals surface area contributed by atoms with E-state index < -0.39 is 0 Å². The Kier molecular flexibility index (Phi) is 4.74. The van der Waals surface area contributed by atoms with Crippen LogP contribution in [0.15, 0.2) is 79.5 Å². The maximum Gasteiger partial charge on any atom is 0.224 e. The number of nitrogens with one attached hydrogen (secondary N) is 1. The van der Waals surface area contributed by atoms with Gasteiger partial charge in [0.25, 0.3) is 0 Å². The first kappa shape index (κ1) is 16.7. The number of carbonyl (C=O) groups is 1. The maximum absolute atomic E-state index is 12.3. The van der Waals surface area contributed by atoms with Crippen molar-refractivity contribution in [1.82, 2.24) is 29.9 Å². The number of aromatic nitrogens is 5. The van der Waals surface area contributed by atoms with Crippen LogP contribution in [-0.4, -0.2) is 30.5 Å². The van der Waals surface area contributed by atoms with Crippen molar-refractivity contribution in [2.75, 3.05) is 0 Å². The Morgan fingerprint density at radius 2 is 1.85 bits per heavy atom. The van der Waals surface area contributed by atoms with Gasteiger partial charge in [0.15, 0.2) is 5.82 Å². The molecule has 0 aliphatic heterocycles. The summed E-state index contributed by atoms with van der Waals surface area (Å²) in [6, 6.07) is 15.4. The highest BCUT2D eigenvalue weighted by molar-refractivity contribution is 5.78. The summed E-state index contributed by atoms with van der Waals surface area (Å²) in [5.74, 6) is 0.637. The van der Waals surface area contributed by atoms with Crippen LogP contribution >= 0.6 is 0 Å². The van der Waals surface area contributed by atoms with Gasteiger partial charge in [-0.25, -0.2) is 14.3 Å². The number of benzene rings is 1. The molecule has 1 amide bonds. The van der Waals surface area contributed by atoms with Crippen LogP contribution in [0.25, 0.3) is 11.5 Å². The van der Waals surface area contributed by atoms with E-state index in [1.54, 1.807) is 28.0 Å². The summed E-state index contributed by atoms with van der Waals surface area (Å²) >= 11 is 0. The predicted octanol–water partition coefficient (Wildman–Crippen LogP) is 2.31. The quantitative estimate of drug-likeness (QED) is 0.574. The molecule has 134 valence electrons. The third-order valence-electron chi connectivity index (χ3n) is 4.09. The van der Waals surface area contributed by atoms with Gasteiger partial charge in [-0.05, 0) is 29.8 Å². The van der Waals surface area contributed by atoms with Crippen LogP contribution in [-0.2, 0) is 17.8 Å². The summed E-state index contributed by atoms with van der Waals surface area (Å²) in [4.78, 5) is 16.7. The summed E-state index contributed by atoms with van der Waals surface area (Å²) < 4.78 is 3.45. The molecule has 0 aliphatic rings. The Bertz CT molecular complexity index is 1020. The smallest absolute Gasteiger partial charge is 0.224 e. The maximum atomic E-state index is 12.3. The van der Waals surface area contributed by atoms with Gasteiger partial charge < -0.3 is 5.32 Å². The van der Waals surface area contributed by atoms with Crippen LogP contribution in [0, 0.1) is 0 Å². The van der Waals surface area contributed by atoms with E-state index in [0.29, 0.717) is 12.4 Å². The van der Waals surface area contributed by atoms with Crippen molar-refractivity contribution in [3.8, 4) is 11.5 Å². The highest BCUT2D eigenvalue weighted by Crippen LogP contribution is 2.11. The monoisotopic (exact) mass is 358 g/mol. The van der Waals surface area contributed by atoms with Gasteiger partial charge in [-0.3, -0.25) is 4.79 Å². The Balaban J connectivity index is 1.39. The van der Waals surface area contributed by atoms with E-state index in [1.807, 2.05) is 60.9 Å². The molecule has 1 N–H and O–H groups in total. The Morgan fingerprint density at radius 3 is 2.67 bits per heavy atom. The Morgan fingerprint density at radius 1 is 0.963 bits per heavy atom. The first-order valence-electron chi connectivity index (χ1n) is 8.59. The third-order valence-corrected chi connectivity index (χ3v) is 4.09. The molecule has 0 radical (unpaired) electrons. The first-order valence-corrected chi connectivity index (χ1v) is 8.59. The molecule has 7 nitrogen and oxygen atoms in total. The van der Waals surface area contributed by atoms with Crippen LogP contribution in [0.5, 0.6) is 0 Å². The summed E-state index contributed by atoms with van der Waals surface area (Å²) in [5, 5.41) is 11.5. The molecule has 3 aromatic heterocycles. The molecule has 0 fully saturated rings.